The van der Waals surface area contributed by atoms with Crippen LogP contribution in [0.5, 0.6) is 0 Å². The third-order valence-electron chi connectivity index (χ3n) is 0.498. The Morgan fingerprint density at radius 1 is 1.11 bits per heavy atom. The Morgan fingerprint density at radius 3 is 1.33 bits per heavy atom. The van der Waals surface area contributed by atoms with Gasteiger partial charge in [0, 0.05) is 58.9 Å². The van der Waals surface area contributed by atoms with Gasteiger partial charge in [0.15, 0.2) is 0 Å². The average molecular weight is 280 g/mol. The van der Waals surface area contributed by atoms with E-state index >= 15 is 0 Å². The van der Waals surface area contributed by atoms with Gasteiger partial charge in [0.2, 0.25) is 0 Å². The van der Waals surface area contributed by atoms with Gasteiger partial charge in [0.25, 0.3) is 0 Å². The van der Waals surface area contributed by atoms with E-state index in [0.717, 1.165) is 0 Å². The summed E-state index contributed by atoms with van der Waals surface area (Å²) < 4.78 is 0. The van der Waals surface area contributed by atoms with Crippen LogP contribution in [0.1, 0.15) is 20.3 Å². The molecule has 0 bridgehead atoms. The van der Waals surface area contributed by atoms with Crippen LogP contribution < -0.4 is 0 Å². The number of hydrogen-bond acceptors (Lipinski definition) is 2. The summed E-state index contributed by atoms with van der Waals surface area (Å²) in [4.78, 5) is 20.1. The fourth-order valence-corrected chi connectivity index (χ4v) is 0.351. The third kappa shape index (κ3) is 17.6. The molecule has 0 saturated carbocycles. The Labute approximate surface area is 99.2 Å². The molecular formula is C5H8O2YZr. The van der Waals surface area contributed by atoms with Crippen LogP contribution in [0.3, 0.4) is 0 Å². The van der Waals surface area contributed by atoms with E-state index in [0.29, 0.717) is 0 Å². The maximum absolute atomic E-state index is 10.0. The predicted octanol–water partition coefficient (Wildman–Crippen LogP) is 0.549. The van der Waals surface area contributed by atoms with Crippen molar-refractivity contribution >= 4 is 11.6 Å². The molecule has 0 aliphatic carbocycles. The minimum atomic E-state index is -0.0625. The van der Waals surface area contributed by atoms with Crippen LogP contribution in [-0.2, 0) is 68.5 Å². The molecule has 0 aromatic carbocycles. The minimum Gasteiger partial charge on any atom is -0.300 e. The topological polar surface area (TPSA) is 34.1 Å². The van der Waals surface area contributed by atoms with Crippen molar-refractivity contribution < 1.29 is 68.5 Å². The second-order valence-corrected chi connectivity index (χ2v) is 1.58. The van der Waals surface area contributed by atoms with Crippen molar-refractivity contribution in [2.45, 2.75) is 20.3 Å². The van der Waals surface area contributed by atoms with Gasteiger partial charge in [-0.15, -0.1) is 0 Å². The third-order valence-corrected chi connectivity index (χ3v) is 0.498. The molecule has 0 unspecified atom stereocenters. The van der Waals surface area contributed by atoms with Crippen molar-refractivity contribution in [1.82, 2.24) is 0 Å². The largest absolute Gasteiger partial charge is 0.300 e. The SMILES string of the molecule is CC(=O)CC(C)=O.[Y].[Zr]. The molecule has 0 aromatic rings. The van der Waals surface area contributed by atoms with Crippen LogP contribution in [0.4, 0.5) is 0 Å². The maximum Gasteiger partial charge on any atom is 0.137 e. The molecule has 0 aliphatic heterocycles. The van der Waals surface area contributed by atoms with Gasteiger partial charge in [-0.3, -0.25) is 9.59 Å². The van der Waals surface area contributed by atoms with Gasteiger partial charge in [-0.25, -0.2) is 0 Å². The summed E-state index contributed by atoms with van der Waals surface area (Å²) in [7, 11) is 0. The summed E-state index contributed by atoms with van der Waals surface area (Å²) in [5, 5.41) is 0. The fourth-order valence-electron chi connectivity index (χ4n) is 0.351. The molecule has 0 aliphatic rings. The van der Waals surface area contributed by atoms with Gasteiger partial charge in [0.05, 0.1) is 6.42 Å². The normalized spacial score (nSPS) is 6.44. The number of ketones is 2. The van der Waals surface area contributed by atoms with E-state index in [1.807, 2.05) is 0 Å². The zero-order chi connectivity index (χ0) is 5.86. The van der Waals surface area contributed by atoms with Gasteiger partial charge >= 0.3 is 0 Å². The van der Waals surface area contributed by atoms with Crippen LogP contribution >= 0.6 is 0 Å². The summed E-state index contributed by atoms with van der Waals surface area (Å²) in [6.45, 7) is 2.81. The Morgan fingerprint density at radius 2 is 1.33 bits per heavy atom. The molecule has 0 heterocycles. The molecule has 0 N–H and O–H groups in total. The standard InChI is InChI=1S/C5H8O2.Y.Zr/c1-4(6)3-5(2)7;;/h3H2,1-2H3;;. The van der Waals surface area contributed by atoms with Gasteiger partial charge < -0.3 is 0 Å². The summed E-state index contributed by atoms with van der Waals surface area (Å²) in [5.41, 5.74) is 0. The van der Waals surface area contributed by atoms with Crippen molar-refractivity contribution in [3.63, 3.8) is 0 Å². The Kier molecular flexibility index (Phi) is 17.3. The number of carbonyl (C=O) groups is 2. The van der Waals surface area contributed by atoms with Crippen LogP contribution in [-0.4, -0.2) is 11.6 Å². The first kappa shape index (κ1) is 16.7. The summed E-state index contributed by atoms with van der Waals surface area (Å²) >= 11 is 0. The zero-order valence-corrected chi connectivity index (χ0v) is 10.9. The molecule has 0 atom stereocenters. The molecule has 0 rings (SSSR count). The van der Waals surface area contributed by atoms with Gasteiger partial charge in [-0.1, -0.05) is 0 Å². The summed E-state index contributed by atoms with van der Waals surface area (Å²) in [6, 6.07) is 0. The summed E-state index contributed by atoms with van der Waals surface area (Å²) in [6.07, 6.45) is 0.0833. The first-order chi connectivity index (χ1) is 3.13. The zero-order valence-electron chi connectivity index (χ0n) is 5.60. The number of Topliss-reactive ketones (excluding diaryl/α,β-unsaturated/α-hetero) is 2. The second kappa shape index (κ2) is 9.33. The molecule has 0 saturated heterocycles. The molecule has 4 heteroatoms. The van der Waals surface area contributed by atoms with Crippen molar-refractivity contribution in [1.29, 1.82) is 0 Å². The van der Waals surface area contributed by atoms with Crippen LogP contribution in [0.2, 0.25) is 0 Å². The van der Waals surface area contributed by atoms with E-state index in [9.17, 15) is 9.59 Å². The minimum absolute atomic E-state index is 0. The Hall–Kier alpha value is 1.33. The molecule has 0 aromatic heterocycles. The molecule has 1 radical (unpaired) electrons. The molecule has 47 valence electrons. The molecule has 0 amide bonds. The predicted molar refractivity (Wildman–Crippen MR) is 26.0 cm³/mol. The monoisotopic (exact) mass is 279 g/mol. The van der Waals surface area contributed by atoms with E-state index in [4.69, 9.17) is 0 Å². The molecule has 9 heavy (non-hydrogen) atoms. The number of rotatable bonds is 2. The van der Waals surface area contributed by atoms with Gasteiger partial charge in [-0.05, 0) is 13.8 Å². The summed E-state index contributed by atoms with van der Waals surface area (Å²) in [5.74, 6) is -0.125. The number of hydrogen-bond donors (Lipinski definition) is 0. The first-order valence-corrected chi connectivity index (χ1v) is 2.12. The Balaban J connectivity index is -0.000000180. The van der Waals surface area contributed by atoms with E-state index < -0.39 is 0 Å². The van der Waals surface area contributed by atoms with Crippen molar-refractivity contribution in [2.75, 3.05) is 0 Å². The maximum atomic E-state index is 10.0. The van der Waals surface area contributed by atoms with E-state index in [2.05, 4.69) is 0 Å². The molecule has 0 spiro atoms. The van der Waals surface area contributed by atoms with E-state index in [1.165, 1.54) is 13.8 Å². The van der Waals surface area contributed by atoms with Crippen LogP contribution in [0.25, 0.3) is 0 Å². The van der Waals surface area contributed by atoms with Crippen molar-refractivity contribution in [3.8, 4) is 0 Å². The quantitative estimate of drug-likeness (QED) is 0.692. The number of carbonyl (C=O) groups excluding carboxylic acids is 2. The smallest absolute Gasteiger partial charge is 0.137 e. The van der Waals surface area contributed by atoms with Crippen LogP contribution in [0.15, 0.2) is 0 Å². The molecular weight excluding hydrogens is 272 g/mol. The second-order valence-electron chi connectivity index (χ2n) is 1.58. The van der Waals surface area contributed by atoms with E-state index in [-0.39, 0.29) is 76.9 Å². The van der Waals surface area contributed by atoms with Crippen molar-refractivity contribution in [3.05, 3.63) is 0 Å². The van der Waals surface area contributed by atoms with Gasteiger partial charge in [0.1, 0.15) is 11.6 Å². The van der Waals surface area contributed by atoms with Crippen LogP contribution in [0, 0.1) is 0 Å². The first-order valence-electron chi connectivity index (χ1n) is 2.12. The van der Waals surface area contributed by atoms with Gasteiger partial charge in [-0.2, -0.15) is 0 Å². The Bertz CT molecular complexity index is 91.1. The van der Waals surface area contributed by atoms with Crippen molar-refractivity contribution in [2.24, 2.45) is 0 Å². The molecule has 0 fully saturated rings. The molecule has 2 nitrogen and oxygen atoms in total. The fraction of sp³-hybridized carbons (Fsp3) is 0.600. The average Bonchev–Trinajstić information content (AvgIpc) is 1.27. The van der Waals surface area contributed by atoms with E-state index in [1.54, 1.807) is 0 Å².